The molecule has 0 aliphatic rings. The highest BCUT2D eigenvalue weighted by atomic mass is 16.5. The maximum atomic E-state index is 12.0. The molecule has 22 heavy (non-hydrogen) atoms. The second-order valence-electron chi connectivity index (χ2n) is 4.32. The van der Waals surface area contributed by atoms with Gasteiger partial charge in [0.25, 0.3) is 5.91 Å². The van der Waals surface area contributed by atoms with Gasteiger partial charge in [-0.05, 0) is 11.6 Å². The van der Waals surface area contributed by atoms with Crippen molar-refractivity contribution in [3.05, 3.63) is 54.2 Å². The number of esters is 1. The van der Waals surface area contributed by atoms with E-state index in [0.29, 0.717) is 0 Å². The summed E-state index contributed by atoms with van der Waals surface area (Å²) in [7, 11) is 0. The first-order chi connectivity index (χ1) is 10.5. The highest BCUT2D eigenvalue weighted by Crippen LogP contribution is 2.06. The van der Waals surface area contributed by atoms with Crippen molar-refractivity contribution in [3.63, 3.8) is 0 Å². The Labute approximate surface area is 128 Å². The predicted molar refractivity (Wildman–Crippen MR) is 82.4 cm³/mol. The van der Waals surface area contributed by atoms with Gasteiger partial charge in [0.15, 0.2) is 6.61 Å². The summed E-state index contributed by atoms with van der Waals surface area (Å²) in [6.07, 6.45) is 2.99. The Hall–Kier alpha value is -2.89. The van der Waals surface area contributed by atoms with Gasteiger partial charge in [-0.2, -0.15) is 0 Å². The zero-order chi connectivity index (χ0) is 16.4. The van der Waals surface area contributed by atoms with Gasteiger partial charge < -0.3 is 15.4 Å². The average Bonchev–Trinajstić information content (AvgIpc) is 2.50. The zero-order valence-corrected chi connectivity index (χ0v) is 12.3. The van der Waals surface area contributed by atoms with Gasteiger partial charge in [-0.25, -0.2) is 4.79 Å². The van der Waals surface area contributed by atoms with Crippen LogP contribution in [0.1, 0.15) is 12.5 Å². The molecule has 0 unspecified atom stereocenters. The van der Waals surface area contributed by atoms with E-state index in [2.05, 4.69) is 17.2 Å². The second-order valence-corrected chi connectivity index (χ2v) is 4.32. The quantitative estimate of drug-likeness (QED) is 0.447. The fourth-order valence-corrected chi connectivity index (χ4v) is 1.50. The van der Waals surface area contributed by atoms with Crippen LogP contribution in [-0.4, -0.2) is 30.9 Å². The van der Waals surface area contributed by atoms with Crippen molar-refractivity contribution >= 4 is 23.9 Å². The molecule has 0 aliphatic carbocycles. The number of benzene rings is 1. The summed E-state index contributed by atoms with van der Waals surface area (Å²) in [4.78, 5) is 34.5. The minimum Gasteiger partial charge on any atom is -0.451 e. The van der Waals surface area contributed by atoms with E-state index in [-0.39, 0.29) is 12.2 Å². The second kappa shape index (κ2) is 9.12. The molecule has 2 N–H and O–H groups in total. The maximum Gasteiger partial charge on any atom is 0.355 e. The number of amides is 2. The summed E-state index contributed by atoms with van der Waals surface area (Å²) in [5.74, 6) is -1.64. The molecule has 6 heteroatoms. The van der Waals surface area contributed by atoms with Crippen LogP contribution in [0.4, 0.5) is 0 Å². The fourth-order valence-electron chi connectivity index (χ4n) is 1.50. The lowest BCUT2D eigenvalue weighted by molar-refractivity contribution is -0.145. The van der Waals surface area contributed by atoms with Gasteiger partial charge in [-0.15, -0.1) is 6.58 Å². The molecule has 0 fully saturated rings. The molecule has 1 aromatic carbocycles. The Morgan fingerprint density at radius 1 is 1.23 bits per heavy atom. The molecule has 1 aromatic rings. The molecule has 6 nitrogen and oxygen atoms in total. The lowest BCUT2D eigenvalue weighted by Crippen LogP contribution is -2.31. The fraction of sp³-hybridized carbons (Fsp3) is 0.188. The molecule has 116 valence electrons. The number of rotatable bonds is 7. The standard InChI is InChI=1S/C16H18N2O4/c1-3-9-17-15(20)11-22-16(21)14(18-12(2)19)10-13-7-5-4-6-8-13/h3-8,10H,1,9,11H2,2H3,(H,17,20)(H,18,19)/b14-10+. The average molecular weight is 302 g/mol. The van der Waals surface area contributed by atoms with Gasteiger partial charge in [0.05, 0.1) is 0 Å². The summed E-state index contributed by atoms with van der Waals surface area (Å²) < 4.78 is 4.87. The van der Waals surface area contributed by atoms with Crippen LogP contribution in [0.25, 0.3) is 6.08 Å². The summed E-state index contributed by atoms with van der Waals surface area (Å²) in [6, 6.07) is 8.96. The number of carbonyl (C=O) groups is 3. The summed E-state index contributed by atoms with van der Waals surface area (Å²) >= 11 is 0. The lowest BCUT2D eigenvalue weighted by atomic mass is 10.2. The van der Waals surface area contributed by atoms with Crippen LogP contribution in [0.15, 0.2) is 48.7 Å². The van der Waals surface area contributed by atoms with Gasteiger partial charge in [0, 0.05) is 13.5 Å². The molecule has 0 saturated heterocycles. The number of carbonyl (C=O) groups excluding carboxylic acids is 3. The van der Waals surface area contributed by atoms with Crippen LogP contribution in [0, 0.1) is 0 Å². The van der Waals surface area contributed by atoms with Crippen LogP contribution >= 0.6 is 0 Å². The van der Waals surface area contributed by atoms with Gasteiger partial charge in [-0.3, -0.25) is 9.59 Å². The smallest absolute Gasteiger partial charge is 0.355 e. The normalized spacial score (nSPS) is 10.5. The Morgan fingerprint density at radius 2 is 1.91 bits per heavy atom. The summed E-state index contributed by atoms with van der Waals surface area (Å²) in [5, 5.41) is 4.87. The van der Waals surface area contributed by atoms with Gasteiger partial charge >= 0.3 is 5.97 Å². The number of hydrogen-bond acceptors (Lipinski definition) is 4. The largest absolute Gasteiger partial charge is 0.451 e. The van der Waals surface area contributed by atoms with Crippen LogP contribution in [-0.2, 0) is 19.1 Å². The molecule has 0 saturated carbocycles. The van der Waals surface area contributed by atoms with E-state index >= 15 is 0 Å². The van der Waals surface area contributed by atoms with Gasteiger partial charge in [-0.1, -0.05) is 36.4 Å². The van der Waals surface area contributed by atoms with E-state index in [1.54, 1.807) is 24.3 Å². The van der Waals surface area contributed by atoms with Crippen molar-refractivity contribution in [2.45, 2.75) is 6.92 Å². The van der Waals surface area contributed by atoms with Crippen molar-refractivity contribution in [1.82, 2.24) is 10.6 Å². The molecule has 0 atom stereocenters. The molecule has 1 rings (SSSR count). The van der Waals surface area contributed by atoms with Crippen molar-refractivity contribution in [2.24, 2.45) is 0 Å². The van der Waals surface area contributed by atoms with E-state index in [9.17, 15) is 14.4 Å². The SMILES string of the molecule is C=CCNC(=O)COC(=O)/C(=C\c1ccccc1)NC(C)=O. The minimum atomic E-state index is -0.784. The van der Waals surface area contributed by atoms with E-state index in [4.69, 9.17) is 4.74 Å². The third-order valence-corrected chi connectivity index (χ3v) is 2.42. The van der Waals surface area contributed by atoms with Crippen molar-refractivity contribution in [1.29, 1.82) is 0 Å². The van der Waals surface area contributed by atoms with Crippen LogP contribution in [0.3, 0.4) is 0 Å². The highest BCUT2D eigenvalue weighted by molar-refractivity contribution is 5.98. The van der Waals surface area contributed by atoms with E-state index < -0.39 is 24.4 Å². The van der Waals surface area contributed by atoms with Crippen molar-refractivity contribution < 1.29 is 19.1 Å². The molecule has 0 spiro atoms. The first-order valence-corrected chi connectivity index (χ1v) is 6.62. The van der Waals surface area contributed by atoms with E-state index in [1.807, 2.05) is 6.07 Å². The Kier molecular flexibility index (Phi) is 7.12. The summed E-state index contributed by atoms with van der Waals surface area (Å²) in [5.41, 5.74) is 0.689. The van der Waals surface area contributed by atoms with Crippen molar-refractivity contribution in [3.8, 4) is 0 Å². The first-order valence-electron chi connectivity index (χ1n) is 6.62. The molecule has 0 heterocycles. The minimum absolute atomic E-state index is 0.0322. The lowest BCUT2D eigenvalue weighted by Gasteiger charge is -2.09. The molecular weight excluding hydrogens is 284 g/mol. The summed E-state index contributed by atoms with van der Waals surface area (Å²) in [6.45, 7) is 4.59. The maximum absolute atomic E-state index is 12.0. The topological polar surface area (TPSA) is 84.5 Å². The molecule has 0 radical (unpaired) electrons. The Bertz CT molecular complexity index is 579. The van der Waals surface area contributed by atoms with E-state index in [0.717, 1.165) is 5.56 Å². The van der Waals surface area contributed by atoms with E-state index in [1.165, 1.54) is 19.1 Å². The highest BCUT2D eigenvalue weighted by Gasteiger charge is 2.14. The zero-order valence-electron chi connectivity index (χ0n) is 12.3. The number of hydrogen-bond donors (Lipinski definition) is 2. The van der Waals surface area contributed by atoms with Crippen LogP contribution < -0.4 is 10.6 Å². The Morgan fingerprint density at radius 3 is 2.50 bits per heavy atom. The molecule has 2 amide bonds. The number of ether oxygens (including phenoxy) is 1. The van der Waals surface area contributed by atoms with Crippen molar-refractivity contribution in [2.75, 3.05) is 13.2 Å². The molecule has 0 aliphatic heterocycles. The molecule has 0 aromatic heterocycles. The molecular formula is C16H18N2O4. The van der Waals surface area contributed by atoms with Gasteiger partial charge in [0.1, 0.15) is 5.70 Å². The predicted octanol–water partition coefficient (Wildman–Crippen LogP) is 1.01. The Balaban J connectivity index is 2.73. The molecule has 0 bridgehead atoms. The first kappa shape index (κ1) is 17.2. The monoisotopic (exact) mass is 302 g/mol. The van der Waals surface area contributed by atoms with Crippen LogP contribution in [0.2, 0.25) is 0 Å². The third kappa shape index (κ3) is 6.51. The van der Waals surface area contributed by atoms with Crippen LogP contribution in [0.5, 0.6) is 0 Å². The third-order valence-electron chi connectivity index (χ3n) is 2.42. The number of nitrogens with one attached hydrogen (secondary N) is 2. The van der Waals surface area contributed by atoms with Gasteiger partial charge in [0.2, 0.25) is 5.91 Å².